The van der Waals surface area contributed by atoms with Crippen LogP contribution in [0.2, 0.25) is 0 Å². The van der Waals surface area contributed by atoms with Gasteiger partial charge >= 0.3 is 147 Å². The Bertz CT molecular complexity index is 856. The first-order chi connectivity index (χ1) is 20.0. The second-order valence-electron chi connectivity index (χ2n) is 13.1. The molecular weight excluding hydrogens is 655 g/mol. The third-order valence-corrected chi connectivity index (χ3v) is 16.7. The molecule has 1 saturated heterocycles. The fraction of sp³-hybridized carbons (Fsp3) is 0.794. The first-order valence-electron chi connectivity index (χ1n) is 16.9. The molecule has 7 heteroatoms. The second kappa shape index (κ2) is 19.1. The van der Waals surface area contributed by atoms with Crippen molar-refractivity contribution in [3.05, 3.63) is 29.8 Å². The Balaban J connectivity index is 0.000000191. The molecule has 1 unspecified atom stereocenters. The van der Waals surface area contributed by atoms with Gasteiger partial charge in [0.1, 0.15) is 0 Å². The van der Waals surface area contributed by atoms with Gasteiger partial charge in [-0.05, 0) is 77.0 Å². The molecule has 1 heterocycles. The summed E-state index contributed by atoms with van der Waals surface area (Å²) in [7, 11) is 14.0. The number of likely N-dealkylation sites (N-methyl/N-ethyl adjacent to an activating group) is 1. The van der Waals surface area contributed by atoms with Crippen LogP contribution < -0.4 is 4.74 Å². The molecule has 1 aliphatic heterocycles. The Morgan fingerprint density at radius 2 is 1.34 bits per heavy atom. The van der Waals surface area contributed by atoms with Crippen LogP contribution in [-0.4, -0.2) is 70.8 Å². The molecule has 3 nitrogen and oxygen atoms in total. The molecular formula is C34H58Cl2N2OPRu+. The van der Waals surface area contributed by atoms with Gasteiger partial charge in [0.2, 0.25) is 0 Å². The van der Waals surface area contributed by atoms with E-state index < -0.39 is 13.5 Å². The van der Waals surface area contributed by atoms with E-state index in [0.717, 1.165) is 37.3 Å². The first kappa shape index (κ1) is 34.3. The van der Waals surface area contributed by atoms with Crippen LogP contribution in [0.5, 0.6) is 5.75 Å². The molecule has 4 aliphatic rings. The van der Waals surface area contributed by atoms with Crippen LogP contribution in [0.25, 0.3) is 0 Å². The SMILES string of the molecule is C1CCC([PH+](C2CCCCC2)C2CCCCC2)CC1.CC1N(C)CCN1CCCCOc1ccccc1[CH]=[Ru]([Cl])[Cl]. The fourth-order valence-corrected chi connectivity index (χ4v) is 15.0. The van der Waals surface area contributed by atoms with E-state index in [2.05, 4.69) is 23.8 Å². The molecule has 1 aromatic rings. The van der Waals surface area contributed by atoms with Gasteiger partial charge in [-0.25, -0.2) is 0 Å². The van der Waals surface area contributed by atoms with Crippen LogP contribution in [0.15, 0.2) is 24.3 Å². The molecule has 0 N–H and O–H groups in total. The normalized spacial score (nSPS) is 24.2. The summed E-state index contributed by atoms with van der Waals surface area (Å²) in [5.74, 6) is 0.886. The van der Waals surface area contributed by atoms with Gasteiger partial charge in [-0.3, -0.25) is 0 Å². The van der Waals surface area contributed by atoms with E-state index in [-0.39, 0.29) is 7.92 Å². The van der Waals surface area contributed by atoms with Crippen LogP contribution >= 0.6 is 27.3 Å². The Morgan fingerprint density at radius 1 is 0.805 bits per heavy atom. The van der Waals surface area contributed by atoms with Gasteiger partial charge in [0.05, 0.1) is 17.0 Å². The summed E-state index contributed by atoms with van der Waals surface area (Å²) in [4.78, 5) is 4.92. The molecule has 1 aromatic carbocycles. The molecule has 1 atom stereocenters. The van der Waals surface area contributed by atoms with Gasteiger partial charge in [-0.2, -0.15) is 0 Å². The molecule has 3 aliphatic carbocycles. The van der Waals surface area contributed by atoms with E-state index in [1.54, 1.807) is 96.3 Å². The third kappa shape index (κ3) is 11.4. The van der Waals surface area contributed by atoms with Gasteiger partial charge in [-0.1, -0.05) is 19.3 Å². The molecule has 0 aromatic heterocycles. The summed E-state index contributed by atoms with van der Waals surface area (Å²) < 4.78 is 7.83. The Morgan fingerprint density at radius 3 is 1.83 bits per heavy atom. The zero-order valence-electron chi connectivity index (χ0n) is 26.0. The maximum absolute atomic E-state index is 5.95. The summed E-state index contributed by atoms with van der Waals surface area (Å²) in [6.45, 7) is 6.49. The number of hydrogen-bond donors (Lipinski definition) is 0. The topological polar surface area (TPSA) is 15.7 Å². The van der Waals surface area contributed by atoms with Crippen molar-refractivity contribution >= 4 is 31.9 Å². The van der Waals surface area contributed by atoms with Crippen molar-refractivity contribution in [2.45, 2.75) is 139 Å². The van der Waals surface area contributed by atoms with E-state index in [1.165, 1.54) is 30.1 Å². The molecule has 236 valence electrons. The summed E-state index contributed by atoms with van der Waals surface area (Å²) in [6.07, 6.45) is 26.6. The molecule has 5 rings (SSSR count). The zero-order valence-corrected chi connectivity index (χ0v) is 30.2. The van der Waals surface area contributed by atoms with E-state index >= 15 is 0 Å². The third-order valence-electron chi connectivity index (χ3n) is 10.3. The van der Waals surface area contributed by atoms with Gasteiger partial charge < -0.3 is 0 Å². The number of para-hydroxylation sites is 1. The van der Waals surface area contributed by atoms with Crippen LogP contribution in [-0.2, 0) is 13.5 Å². The first-order valence-corrected chi connectivity index (χ1v) is 24.1. The predicted octanol–water partition coefficient (Wildman–Crippen LogP) is 9.71. The predicted molar refractivity (Wildman–Crippen MR) is 181 cm³/mol. The molecule has 41 heavy (non-hydrogen) atoms. The minimum absolute atomic E-state index is 0.0465. The van der Waals surface area contributed by atoms with Crippen molar-refractivity contribution in [2.24, 2.45) is 0 Å². The molecule has 0 amide bonds. The van der Waals surface area contributed by atoms with Crippen molar-refractivity contribution < 1.29 is 18.3 Å². The number of ether oxygens (including phenoxy) is 1. The van der Waals surface area contributed by atoms with Gasteiger partial charge in [0.15, 0.2) is 0 Å². The van der Waals surface area contributed by atoms with Crippen molar-refractivity contribution in [1.82, 2.24) is 9.80 Å². The average Bonchev–Trinajstić information content (AvgIpc) is 3.32. The van der Waals surface area contributed by atoms with Crippen molar-refractivity contribution in [3.63, 3.8) is 0 Å². The summed E-state index contributed by atoms with van der Waals surface area (Å²) in [5.41, 5.74) is 4.70. The number of hydrogen-bond acceptors (Lipinski definition) is 3. The quantitative estimate of drug-likeness (QED) is 0.137. The molecule has 0 bridgehead atoms. The summed E-state index contributed by atoms with van der Waals surface area (Å²) in [6, 6.07) is 7.95. The Kier molecular flexibility index (Phi) is 16.0. The number of unbranched alkanes of at least 4 members (excludes halogenated alkanes) is 1. The van der Waals surface area contributed by atoms with Crippen LogP contribution in [0.1, 0.15) is 122 Å². The monoisotopic (exact) mass is 713 g/mol. The fourth-order valence-electron chi connectivity index (χ4n) is 7.92. The molecule has 4 fully saturated rings. The number of halogens is 2. The minimum atomic E-state index is -1.81. The van der Waals surface area contributed by atoms with Gasteiger partial charge in [0.25, 0.3) is 0 Å². The van der Waals surface area contributed by atoms with Crippen LogP contribution in [0.3, 0.4) is 0 Å². The standard InChI is InChI=1S/C18H33P.C16H24N2O.2ClH.Ru/c1-4-10-16(11-5-1)19(17-12-6-2-7-13-17)18-14-8-3-9-15-18;1-14-8-4-5-9-16(14)19-13-7-6-10-18-12-11-17(3)15(18)2;;;/h16-18H,1-15H2;1,4-5,8-9,15H,6-7,10-13H2,2-3H3;2*1H;/q;;;;+2/p-1. The number of benzene rings is 1. The summed E-state index contributed by atoms with van der Waals surface area (Å²) >= 11 is -1.81. The van der Waals surface area contributed by atoms with Crippen molar-refractivity contribution in [1.29, 1.82) is 0 Å². The van der Waals surface area contributed by atoms with Gasteiger partial charge in [0, 0.05) is 7.92 Å². The van der Waals surface area contributed by atoms with E-state index in [0.29, 0.717) is 6.17 Å². The molecule has 0 radical (unpaired) electrons. The number of rotatable bonds is 10. The van der Waals surface area contributed by atoms with Gasteiger partial charge in [-0.15, -0.1) is 0 Å². The molecule has 3 saturated carbocycles. The zero-order chi connectivity index (χ0) is 28.9. The average molecular weight is 714 g/mol. The second-order valence-corrected chi connectivity index (χ2v) is 22.2. The summed E-state index contributed by atoms with van der Waals surface area (Å²) in [5, 5.41) is 0. The van der Waals surface area contributed by atoms with E-state index in [9.17, 15) is 0 Å². The molecule has 0 spiro atoms. The Labute approximate surface area is 266 Å². The number of nitrogens with zero attached hydrogens (tertiary/aromatic N) is 2. The van der Waals surface area contributed by atoms with E-state index in [1.807, 2.05) is 28.9 Å². The van der Waals surface area contributed by atoms with Crippen LogP contribution in [0, 0.1) is 0 Å². The van der Waals surface area contributed by atoms with Crippen molar-refractivity contribution in [2.75, 3.05) is 33.3 Å². The van der Waals surface area contributed by atoms with E-state index in [4.69, 9.17) is 24.1 Å². The Hall–Kier alpha value is 0.443. The van der Waals surface area contributed by atoms with Crippen molar-refractivity contribution in [3.8, 4) is 5.75 Å². The maximum atomic E-state index is 5.95. The van der Waals surface area contributed by atoms with Crippen LogP contribution in [0.4, 0.5) is 0 Å².